The minimum Gasteiger partial charge on any atom is -0.496 e. The summed E-state index contributed by atoms with van der Waals surface area (Å²) < 4.78 is 48.5. The molecule has 5 aromatic rings. The number of para-hydroxylation sites is 1. The van der Waals surface area contributed by atoms with Crippen molar-refractivity contribution in [3.05, 3.63) is 83.8 Å². The van der Waals surface area contributed by atoms with Crippen LogP contribution in [-0.2, 0) is 25.7 Å². The summed E-state index contributed by atoms with van der Waals surface area (Å²) >= 11 is 0. The quantitative estimate of drug-likeness (QED) is 0.259. The largest absolute Gasteiger partial charge is 0.496 e. The molecule has 1 N–H and O–H groups in total. The number of imidazole rings is 2. The molecule has 1 saturated carbocycles. The van der Waals surface area contributed by atoms with Crippen LogP contribution in [0.15, 0.2) is 60.9 Å². The average Bonchev–Trinajstić information content (AvgIpc) is 3.75. The topological polar surface area (TPSA) is 76.8 Å². The highest BCUT2D eigenvalue weighted by Crippen LogP contribution is 2.35. The normalized spacial score (nSPS) is 19.7. The number of H-pyrrole nitrogens is 1. The van der Waals surface area contributed by atoms with Gasteiger partial charge in [0.15, 0.2) is 5.69 Å². The molecular formula is C31H32F3N7O. The van der Waals surface area contributed by atoms with E-state index in [1.807, 2.05) is 30.3 Å². The molecule has 2 aliphatic rings. The Kier molecular flexibility index (Phi) is 6.76. The second-order valence-electron chi connectivity index (χ2n) is 11.3. The lowest BCUT2D eigenvalue weighted by Crippen LogP contribution is -2.43. The Bertz CT molecular complexity index is 1710. The maximum absolute atomic E-state index is 13.1. The van der Waals surface area contributed by atoms with Gasteiger partial charge in [-0.2, -0.15) is 18.3 Å². The lowest BCUT2D eigenvalue weighted by atomic mass is 9.90. The number of aromatic amines is 1. The van der Waals surface area contributed by atoms with Gasteiger partial charge in [0.25, 0.3) is 0 Å². The third kappa shape index (κ3) is 5.17. The van der Waals surface area contributed by atoms with Gasteiger partial charge in [-0.05, 0) is 49.9 Å². The summed E-state index contributed by atoms with van der Waals surface area (Å²) in [4.78, 5) is 14.4. The SMILES string of the molecule is COc1ccccc1Cc1nc2ccc(-c3ccn([C@H]4CC[C@H](N5CCn6cc(C(F)(F)F)nc6C5)CC4)n3)cc2[nH]1. The molecule has 2 aromatic carbocycles. The van der Waals surface area contributed by atoms with Gasteiger partial charge in [-0.1, -0.05) is 24.3 Å². The van der Waals surface area contributed by atoms with E-state index in [4.69, 9.17) is 14.8 Å². The lowest BCUT2D eigenvalue weighted by molar-refractivity contribution is -0.141. The van der Waals surface area contributed by atoms with E-state index in [2.05, 4.69) is 43.9 Å². The molecule has 1 aliphatic heterocycles. The summed E-state index contributed by atoms with van der Waals surface area (Å²) in [6, 6.07) is 16.9. The van der Waals surface area contributed by atoms with Gasteiger partial charge in [-0.15, -0.1) is 0 Å². The summed E-state index contributed by atoms with van der Waals surface area (Å²) in [5, 5.41) is 4.93. The lowest BCUT2D eigenvalue weighted by Gasteiger charge is -2.38. The molecule has 3 aromatic heterocycles. The van der Waals surface area contributed by atoms with Crippen molar-refractivity contribution >= 4 is 11.0 Å². The predicted octanol–water partition coefficient (Wildman–Crippen LogP) is 6.24. The molecule has 42 heavy (non-hydrogen) atoms. The molecule has 11 heteroatoms. The van der Waals surface area contributed by atoms with Crippen LogP contribution in [0.4, 0.5) is 13.2 Å². The zero-order valence-electron chi connectivity index (χ0n) is 23.3. The van der Waals surface area contributed by atoms with Crippen molar-refractivity contribution in [1.82, 2.24) is 34.2 Å². The van der Waals surface area contributed by atoms with Crippen LogP contribution in [-0.4, -0.2) is 53.9 Å². The minimum absolute atomic E-state index is 0.307. The number of aromatic nitrogens is 6. The van der Waals surface area contributed by atoms with Gasteiger partial charge in [0.1, 0.15) is 17.4 Å². The molecule has 8 nitrogen and oxygen atoms in total. The smallest absolute Gasteiger partial charge is 0.434 e. The van der Waals surface area contributed by atoms with Gasteiger partial charge in [0.2, 0.25) is 0 Å². The molecule has 0 saturated heterocycles. The van der Waals surface area contributed by atoms with Gasteiger partial charge >= 0.3 is 6.18 Å². The van der Waals surface area contributed by atoms with Crippen LogP contribution >= 0.6 is 0 Å². The van der Waals surface area contributed by atoms with E-state index in [0.717, 1.165) is 77.9 Å². The number of alkyl halides is 3. The minimum atomic E-state index is -4.40. The fraction of sp³-hybridized carbons (Fsp3) is 0.387. The van der Waals surface area contributed by atoms with Crippen molar-refractivity contribution in [2.45, 2.75) is 63.5 Å². The molecule has 1 fully saturated rings. The maximum Gasteiger partial charge on any atom is 0.434 e. The zero-order chi connectivity index (χ0) is 28.8. The Balaban J connectivity index is 0.994. The number of rotatable bonds is 6. The first-order chi connectivity index (χ1) is 20.3. The second kappa shape index (κ2) is 10.6. The van der Waals surface area contributed by atoms with Gasteiger partial charge in [0.05, 0.1) is 36.4 Å². The van der Waals surface area contributed by atoms with E-state index in [1.54, 1.807) is 11.7 Å². The highest BCUT2D eigenvalue weighted by Gasteiger charge is 2.36. The fourth-order valence-electron chi connectivity index (χ4n) is 6.44. The van der Waals surface area contributed by atoms with E-state index >= 15 is 0 Å². The Hall–Kier alpha value is -4.12. The summed E-state index contributed by atoms with van der Waals surface area (Å²) in [6.45, 7) is 1.76. The number of benzene rings is 2. The third-order valence-corrected chi connectivity index (χ3v) is 8.66. The van der Waals surface area contributed by atoms with Gasteiger partial charge in [0, 0.05) is 49.1 Å². The Morgan fingerprint density at radius 2 is 1.79 bits per heavy atom. The van der Waals surface area contributed by atoms with E-state index in [9.17, 15) is 13.2 Å². The molecule has 0 unspecified atom stereocenters. The van der Waals surface area contributed by atoms with Gasteiger partial charge in [-0.3, -0.25) is 9.58 Å². The van der Waals surface area contributed by atoms with E-state index in [1.165, 1.54) is 0 Å². The standard InChI is InChI=1S/C31H32F3N7O/c1-42-27-5-3-2-4-21(27)17-29-35-25-11-6-20(16-26(25)36-29)24-12-13-41(38-24)23-9-7-22(8-10-23)39-14-15-40-18-28(31(32,33)34)37-30(40)19-39/h2-6,11-13,16,18,22-23H,7-10,14-15,17,19H2,1H3,(H,35,36)/t22-,23-. The van der Waals surface area contributed by atoms with Crippen LogP contribution in [0.3, 0.4) is 0 Å². The first-order valence-corrected chi connectivity index (χ1v) is 14.4. The highest BCUT2D eigenvalue weighted by molar-refractivity contribution is 5.81. The highest BCUT2D eigenvalue weighted by atomic mass is 19.4. The second-order valence-corrected chi connectivity index (χ2v) is 11.3. The number of nitrogens with zero attached hydrogens (tertiary/aromatic N) is 6. The van der Waals surface area contributed by atoms with Crippen molar-refractivity contribution in [2.24, 2.45) is 0 Å². The number of hydrogen-bond acceptors (Lipinski definition) is 5. The first-order valence-electron chi connectivity index (χ1n) is 14.4. The number of hydrogen-bond donors (Lipinski definition) is 1. The summed E-state index contributed by atoms with van der Waals surface area (Å²) in [6.07, 6.45) is 3.39. The summed E-state index contributed by atoms with van der Waals surface area (Å²) in [5.41, 5.74) is 4.12. The van der Waals surface area contributed by atoms with Crippen LogP contribution in [0.5, 0.6) is 5.75 Å². The van der Waals surface area contributed by atoms with Crippen LogP contribution < -0.4 is 4.74 Å². The molecule has 4 heterocycles. The molecule has 0 bridgehead atoms. The maximum atomic E-state index is 13.1. The van der Waals surface area contributed by atoms with E-state index in [0.29, 0.717) is 37.4 Å². The summed E-state index contributed by atoms with van der Waals surface area (Å²) in [5.74, 6) is 2.24. The molecule has 0 amide bonds. The van der Waals surface area contributed by atoms with Gasteiger partial charge < -0.3 is 14.3 Å². The van der Waals surface area contributed by atoms with E-state index < -0.39 is 11.9 Å². The zero-order valence-corrected chi connectivity index (χ0v) is 23.3. The van der Waals surface area contributed by atoms with Gasteiger partial charge in [-0.25, -0.2) is 9.97 Å². The van der Waals surface area contributed by atoms with Crippen molar-refractivity contribution < 1.29 is 17.9 Å². The number of methoxy groups -OCH3 is 1. The molecule has 7 rings (SSSR count). The van der Waals surface area contributed by atoms with Crippen LogP contribution in [0, 0.1) is 0 Å². The molecule has 0 radical (unpaired) electrons. The van der Waals surface area contributed by atoms with Crippen LogP contribution in [0.1, 0.15) is 54.6 Å². The first kappa shape index (κ1) is 26.8. The number of nitrogens with one attached hydrogen (secondary N) is 1. The van der Waals surface area contributed by atoms with E-state index in [-0.39, 0.29) is 0 Å². The molecule has 1 aliphatic carbocycles. The fourth-order valence-corrected chi connectivity index (χ4v) is 6.44. The number of ether oxygens (including phenoxy) is 1. The van der Waals surface area contributed by atoms with Crippen LogP contribution in [0.2, 0.25) is 0 Å². The van der Waals surface area contributed by atoms with Crippen molar-refractivity contribution in [3.63, 3.8) is 0 Å². The number of halogens is 3. The van der Waals surface area contributed by atoms with Crippen molar-refractivity contribution in [3.8, 4) is 17.0 Å². The summed E-state index contributed by atoms with van der Waals surface area (Å²) in [7, 11) is 1.68. The van der Waals surface area contributed by atoms with Crippen molar-refractivity contribution in [1.29, 1.82) is 0 Å². The van der Waals surface area contributed by atoms with Crippen molar-refractivity contribution in [2.75, 3.05) is 13.7 Å². The monoisotopic (exact) mass is 575 g/mol. The molecule has 0 spiro atoms. The Morgan fingerprint density at radius 1 is 0.976 bits per heavy atom. The van der Waals surface area contributed by atoms with Crippen LogP contribution in [0.25, 0.3) is 22.3 Å². The molecule has 218 valence electrons. The molecule has 0 atom stereocenters. The Labute approximate surface area is 241 Å². The Morgan fingerprint density at radius 3 is 2.60 bits per heavy atom. The predicted molar refractivity (Wildman–Crippen MR) is 152 cm³/mol. The third-order valence-electron chi connectivity index (χ3n) is 8.66. The number of fused-ring (bicyclic) bond motifs is 2. The molecular weight excluding hydrogens is 543 g/mol. The average molecular weight is 576 g/mol.